The van der Waals surface area contributed by atoms with Gasteiger partial charge < -0.3 is 0 Å². The Morgan fingerprint density at radius 3 is 2.70 bits per heavy atom. The summed E-state index contributed by atoms with van der Waals surface area (Å²) in [6.45, 7) is 2.04. The number of rotatable bonds is 4. The average Bonchev–Trinajstić information content (AvgIpc) is 2.92. The SMILES string of the molecule is Cc1ccc(C[C@@H](C#N)Sc2nnc3c(Cl)cc(Cl)cn23)cc1. The van der Waals surface area contributed by atoms with E-state index in [1.165, 1.54) is 17.3 Å². The van der Waals surface area contributed by atoms with Crippen LogP contribution in [0.15, 0.2) is 41.7 Å². The van der Waals surface area contributed by atoms with Gasteiger partial charge in [0.05, 0.1) is 16.1 Å². The molecule has 0 spiro atoms. The summed E-state index contributed by atoms with van der Waals surface area (Å²) in [5.41, 5.74) is 2.84. The van der Waals surface area contributed by atoms with Crippen molar-refractivity contribution in [1.82, 2.24) is 14.6 Å². The van der Waals surface area contributed by atoms with E-state index in [2.05, 4.69) is 16.3 Å². The van der Waals surface area contributed by atoms with E-state index in [0.29, 0.717) is 27.3 Å². The number of thioether (sulfide) groups is 1. The zero-order valence-corrected chi connectivity index (χ0v) is 14.5. The number of halogens is 2. The number of aryl methyl sites for hydroxylation is 1. The predicted molar refractivity (Wildman–Crippen MR) is 93.1 cm³/mol. The van der Waals surface area contributed by atoms with Crippen LogP contribution in [0.4, 0.5) is 0 Å². The number of aromatic nitrogens is 3. The third-order valence-corrected chi connectivity index (χ3v) is 4.86. The zero-order chi connectivity index (χ0) is 16.4. The molecule has 0 aliphatic rings. The molecule has 116 valence electrons. The first-order chi connectivity index (χ1) is 11.1. The fourth-order valence-electron chi connectivity index (χ4n) is 2.16. The molecule has 0 fully saturated rings. The summed E-state index contributed by atoms with van der Waals surface area (Å²) < 4.78 is 1.72. The Morgan fingerprint density at radius 2 is 2.00 bits per heavy atom. The van der Waals surface area contributed by atoms with Crippen LogP contribution < -0.4 is 0 Å². The highest BCUT2D eigenvalue weighted by molar-refractivity contribution is 8.00. The number of hydrogen-bond acceptors (Lipinski definition) is 4. The van der Waals surface area contributed by atoms with Crippen LogP contribution in [-0.2, 0) is 6.42 Å². The summed E-state index contributed by atoms with van der Waals surface area (Å²) >= 11 is 13.5. The van der Waals surface area contributed by atoms with Gasteiger partial charge in [0.2, 0.25) is 0 Å². The minimum absolute atomic E-state index is 0.275. The molecule has 1 atom stereocenters. The molecule has 23 heavy (non-hydrogen) atoms. The first kappa shape index (κ1) is 16.1. The van der Waals surface area contributed by atoms with E-state index in [-0.39, 0.29) is 5.25 Å². The normalized spacial score (nSPS) is 12.3. The molecule has 0 aliphatic carbocycles. The van der Waals surface area contributed by atoms with Gasteiger partial charge >= 0.3 is 0 Å². The second kappa shape index (κ2) is 6.79. The monoisotopic (exact) mass is 362 g/mol. The molecule has 0 saturated carbocycles. The summed E-state index contributed by atoms with van der Waals surface area (Å²) in [5, 5.41) is 18.9. The van der Waals surface area contributed by atoms with Crippen molar-refractivity contribution < 1.29 is 0 Å². The maximum Gasteiger partial charge on any atom is 0.196 e. The van der Waals surface area contributed by atoms with Crippen LogP contribution in [-0.4, -0.2) is 19.8 Å². The van der Waals surface area contributed by atoms with Gasteiger partial charge in [-0.25, -0.2) is 0 Å². The van der Waals surface area contributed by atoms with E-state index in [1.807, 2.05) is 31.2 Å². The van der Waals surface area contributed by atoms with Crippen molar-refractivity contribution in [3.8, 4) is 6.07 Å². The van der Waals surface area contributed by atoms with Gasteiger partial charge in [-0.05, 0) is 25.0 Å². The Morgan fingerprint density at radius 1 is 1.26 bits per heavy atom. The molecule has 0 bridgehead atoms. The van der Waals surface area contributed by atoms with Gasteiger partial charge in [0.15, 0.2) is 10.8 Å². The standard InChI is InChI=1S/C16H12Cl2N4S/c1-10-2-4-11(5-3-10)6-13(8-19)23-16-21-20-15-14(18)7-12(17)9-22(15)16/h2-5,7,9,13H,6H2,1H3/t13-/m0/s1. The minimum Gasteiger partial charge on any atom is -0.275 e. The van der Waals surface area contributed by atoms with Gasteiger partial charge in [-0.1, -0.05) is 64.8 Å². The molecule has 3 rings (SSSR count). The highest BCUT2D eigenvalue weighted by Gasteiger charge is 2.17. The van der Waals surface area contributed by atoms with E-state index >= 15 is 0 Å². The smallest absolute Gasteiger partial charge is 0.196 e. The fraction of sp³-hybridized carbons (Fsp3) is 0.188. The van der Waals surface area contributed by atoms with E-state index in [1.54, 1.807) is 16.7 Å². The number of benzene rings is 1. The molecule has 3 aromatic rings. The maximum absolute atomic E-state index is 9.44. The quantitative estimate of drug-likeness (QED) is 0.637. The molecule has 0 saturated heterocycles. The van der Waals surface area contributed by atoms with Gasteiger partial charge in [0.25, 0.3) is 0 Å². The Hall–Kier alpha value is -1.74. The van der Waals surface area contributed by atoms with Gasteiger partial charge in [0, 0.05) is 6.20 Å². The van der Waals surface area contributed by atoms with Crippen molar-refractivity contribution in [2.24, 2.45) is 0 Å². The topological polar surface area (TPSA) is 54.0 Å². The van der Waals surface area contributed by atoms with Gasteiger partial charge in [-0.2, -0.15) is 5.26 Å². The van der Waals surface area contributed by atoms with Crippen molar-refractivity contribution in [3.63, 3.8) is 0 Å². The largest absolute Gasteiger partial charge is 0.275 e. The molecular weight excluding hydrogens is 351 g/mol. The lowest BCUT2D eigenvalue weighted by atomic mass is 10.1. The molecular formula is C16H12Cl2N4S. The first-order valence-electron chi connectivity index (χ1n) is 6.88. The van der Waals surface area contributed by atoms with Gasteiger partial charge in [0.1, 0.15) is 5.25 Å². The maximum atomic E-state index is 9.44. The Kier molecular flexibility index (Phi) is 4.76. The number of hydrogen-bond donors (Lipinski definition) is 0. The van der Waals surface area contributed by atoms with Crippen LogP contribution in [0.3, 0.4) is 0 Å². The van der Waals surface area contributed by atoms with Crippen LogP contribution in [0, 0.1) is 18.3 Å². The van der Waals surface area contributed by atoms with E-state index in [4.69, 9.17) is 23.2 Å². The second-order valence-corrected chi connectivity index (χ2v) is 7.12. The van der Waals surface area contributed by atoms with Crippen molar-refractivity contribution >= 4 is 40.6 Å². The average molecular weight is 363 g/mol. The number of fused-ring (bicyclic) bond motifs is 1. The Bertz CT molecular complexity index is 883. The van der Waals surface area contributed by atoms with Gasteiger partial charge in [-0.15, -0.1) is 10.2 Å². The lowest BCUT2D eigenvalue weighted by molar-refractivity contribution is 0.909. The second-order valence-electron chi connectivity index (χ2n) is 5.11. The van der Waals surface area contributed by atoms with E-state index in [0.717, 1.165) is 5.56 Å². The van der Waals surface area contributed by atoms with Gasteiger partial charge in [-0.3, -0.25) is 4.40 Å². The van der Waals surface area contributed by atoms with Crippen molar-refractivity contribution in [2.75, 3.05) is 0 Å². The summed E-state index contributed by atoms with van der Waals surface area (Å²) in [6, 6.07) is 12.1. The molecule has 4 nitrogen and oxygen atoms in total. The number of pyridine rings is 1. The van der Waals surface area contributed by atoms with Crippen LogP contribution in [0.25, 0.3) is 5.65 Å². The molecule has 0 unspecified atom stereocenters. The third-order valence-electron chi connectivity index (χ3n) is 3.33. The van der Waals surface area contributed by atoms with Crippen LogP contribution in [0.2, 0.25) is 10.0 Å². The first-order valence-corrected chi connectivity index (χ1v) is 8.52. The predicted octanol–water partition coefficient (Wildman–Crippen LogP) is 4.57. The van der Waals surface area contributed by atoms with Crippen LogP contribution in [0.5, 0.6) is 0 Å². The summed E-state index contributed by atoms with van der Waals surface area (Å²) in [6.07, 6.45) is 2.33. The zero-order valence-electron chi connectivity index (χ0n) is 12.2. The fourth-order valence-corrected chi connectivity index (χ4v) is 3.59. The third kappa shape index (κ3) is 3.61. The molecule has 2 heterocycles. The molecule has 0 aliphatic heterocycles. The molecule has 1 aromatic carbocycles. The van der Waals surface area contributed by atoms with Crippen molar-refractivity contribution in [2.45, 2.75) is 23.8 Å². The molecule has 7 heteroatoms. The van der Waals surface area contributed by atoms with Crippen LogP contribution in [0.1, 0.15) is 11.1 Å². The highest BCUT2D eigenvalue weighted by atomic mass is 35.5. The summed E-state index contributed by atoms with van der Waals surface area (Å²) in [4.78, 5) is 0. The Labute approximate surface area is 148 Å². The summed E-state index contributed by atoms with van der Waals surface area (Å²) in [7, 11) is 0. The van der Waals surface area contributed by atoms with Crippen molar-refractivity contribution in [3.05, 3.63) is 57.7 Å². The van der Waals surface area contributed by atoms with Crippen molar-refractivity contribution in [1.29, 1.82) is 5.26 Å². The molecule has 0 amide bonds. The molecule has 0 N–H and O–H groups in total. The lowest BCUT2D eigenvalue weighted by Gasteiger charge is -2.08. The Balaban J connectivity index is 1.85. The number of nitriles is 1. The van der Waals surface area contributed by atoms with E-state index < -0.39 is 0 Å². The summed E-state index contributed by atoms with van der Waals surface area (Å²) in [5.74, 6) is 0. The van der Waals surface area contributed by atoms with Crippen LogP contribution >= 0.6 is 35.0 Å². The minimum atomic E-state index is -0.275. The molecule has 0 radical (unpaired) electrons. The lowest BCUT2D eigenvalue weighted by Crippen LogP contribution is -2.05. The number of nitrogens with zero attached hydrogens (tertiary/aromatic N) is 4. The molecule has 2 aromatic heterocycles. The van der Waals surface area contributed by atoms with E-state index in [9.17, 15) is 5.26 Å². The highest BCUT2D eigenvalue weighted by Crippen LogP contribution is 2.28.